The molecule has 6 rings (SSSR count). The maximum Gasteiger partial charge on any atom is 0.162 e. The number of fused-ring (bicyclic) bond motifs is 1. The topological polar surface area (TPSA) is 79.0 Å². The summed E-state index contributed by atoms with van der Waals surface area (Å²) in [5.74, 6) is 3.15. The number of thiol groups is 1. The summed E-state index contributed by atoms with van der Waals surface area (Å²) in [6.45, 7) is 5.72. The van der Waals surface area contributed by atoms with Crippen LogP contribution in [0.4, 0.5) is 5.82 Å². The number of rotatable bonds is 4. The average Bonchev–Trinajstić information content (AvgIpc) is 3.16. The van der Waals surface area contributed by atoms with Crippen molar-refractivity contribution in [2.24, 2.45) is 0 Å². The van der Waals surface area contributed by atoms with Crippen LogP contribution in [0.25, 0.3) is 22.4 Å². The first-order valence-corrected chi connectivity index (χ1v) is 12.4. The summed E-state index contributed by atoms with van der Waals surface area (Å²) in [6, 6.07) is 6.70. The number of aromatic amines is 1. The summed E-state index contributed by atoms with van der Waals surface area (Å²) >= 11 is -0.203. The predicted molar refractivity (Wildman–Crippen MR) is 122 cm³/mol. The molecule has 8 heteroatoms. The van der Waals surface area contributed by atoms with E-state index >= 15 is 0 Å². The fraction of sp³-hybridized carbons (Fsp3) is 0.500. The summed E-state index contributed by atoms with van der Waals surface area (Å²) in [6.07, 6.45) is 7.53. The van der Waals surface area contributed by atoms with Gasteiger partial charge in [0, 0.05) is 42.5 Å². The number of hydrogen-bond acceptors (Lipinski definition) is 6. The molecule has 0 bridgehead atoms. The van der Waals surface area contributed by atoms with E-state index in [1.807, 2.05) is 18.5 Å². The van der Waals surface area contributed by atoms with E-state index in [-0.39, 0.29) is 15.8 Å². The number of nitrogens with one attached hydrogen (secondary N) is 2. The summed E-state index contributed by atoms with van der Waals surface area (Å²) in [5.41, 5.74) is 3.15. The fourth-order valence-corrected chi connectivity index (χ4v) is 7.68. The Balaban J connectivity index is 1.50. The van der Waals surface area contributed by atoms with Crippen LogP contribution in [0.1, 0.15) is 31.9 Å². The van der Waals surface area contributed by atoms with Gasteiger partial charge in [0.2, 0.25) is 0 Å². The molecule has 30 heavy (non-hydrogen) atoms. The van der Waals surface area contributed by atoms with Crippen molar-refractivity contribution in [2.45, 2.75) is 37.0 Å². The van der Waals surface area contributed by atoms with E-state index < -0.39 is 0 Å². The predicted octanol–water partition coefficient (Wildman–Crippen LogP) is 3.14. The maximum absolute atomic E-state index is 5.68. The molecule has 0 spiro atoms. The Morgan fingerprint density at radius 2 is 2.20 bits per heavy atom. The first kappa shape index (κ1) is 18.6. The van der Waals surface area contributed by atoms with Gasteiger partial charge in [-0.1, -0.05) is 0 Å². The zero-order chi connectivity index (χ0) is 20.1. The Labute approximate surface area is 179 Å². The van der Waals surface area contributed by atoms with Gasteiger partial charge in [0.25, 0.3) is 0 Å². The molecule has 1 aliphatic carbocycles. The van der Waals surface area contributed by atoms with E-state index in [4.69, 9.17) is 14.7 Å². The zero-order valence-corrected chi connectivity index (χ0v) is 18.2. The molecule has 3 fully saturated rings. The number of anilines is 1. The molecule has 7 nitrogen and oxygen atoms in total. The molecular weight excluding hydrogens is 396 g/mol. The molecule has 2 N–H and O–H groups in total. The highest BCUT2D eigenvalue weighted by Gasteiger charge is 2.51. The minimum atomic E-state index is -0.203. The van der Waals surface area contributed by atoms with E-state index in [2.05, 4.69) is 38.6 Å². The molecule has 2 saturated heterocycles. The third-order valence-corrected chi connectivity index (χ3v) is 9.73. The van der Waals surface area contributed by atoms with Gasteiger partial charge in [-0.05, 0) is 44.1 Å². The van der Waals surface area contributed by atoms with Crippen LogP contribution in [0.5, 0.6) is 0 Å². The van der Waals surface area contributed by atoms with Gasteiger partial charge in [-0.15, -0.1) is 0 Å². The van der Waals surface area contributed by atoms with Crippen LogP contribution in [0.3, 0.4) is 0 Å². The highest BCUT2D eigenvalue weighted by atomic mass is 32.2. The normalized spacial score (nSPS) is 26.9. The van der Waals surface area contributed by atoms with Crippen LogP contribution in [0.15, 0.2) is 30.6 Å². The molecule has 2 atom stereocenters. The Morgan fingerprint density at radius 3 is 3.00 bits per heavy atom. The molecule has 0 aromatic carbocycles. The van der Waals surface area contributed by atoms with Gasteiger partial charge in [0.1, 0.15) is 11.5 Å². The van der Waals surface area contributed by atoms with Crippen molar-refractivity contribution < 1.29 is 4.74 Å². The van der Waals surface area contributed by atoms with E-state index in [1.54, 1.807) is 0 Å². The van der Waals surface area contributed by atoms with Crippen LogP contribution in [0.2, 0.25) is 0 Å². The lowest BCUT2D eigenvalue weighted by molar-refractivity contribution is 0.0985. The molecule has 5 heterocycles. The number of H-pyrrole nitrogens is 1. The molecule has 0 amide bonds. The minimum absolute atomic E-state index is 0.203. The highest BCUT2D eigenvalue weighted by molar-refractivity contribution is 8.16. The van der Waals surface area contributed by atoms with Crippen LogP contribution < -0.4 is 9.62 Å². The molecule has 3 aromatic rings. The van der Waals surface area contributed by atoms with Crippen molar-refractivity contribution in [1.29, 1.82) is 0 Å². The number of nitrogens with zero attached hydrogens (tertiary/aromatic N) is 4. The van der Waals surface area contributed by atoms with E-state index in [0.29, 0.717) is 6.04 Å². The molecule has 1 saturated carbocycles. The van der Waals surface area contributed by atoms with Gasteiger partial charge >= 0.3 is 0 Å². The molecule has 158 valence electrons. The number of pyridine rings is 1. The number of aromatic nitrogens is 4. The third kappa shape index (κ3) is 3.01. The Bertz CT molecular complexity index is 1070. The van der Waals surface area contributed by atoms with Crippen LogP contribution in [0, 0.1) is 0 Å². The third-order valence-electron chi connectivity index (χ3n) is 6.65. The van der Waals surface area contributed by atoms with Gasteiger partial charge in [-0.2, -0.15) is 11.1 Å². The Kier molecular flexibility index (Phi) is 4.47. The minimum Gasteiger partial charge on any atom is -0.377 e. The van der Waals surface area contributed by atoms with E-state index in [0.717, 1.165) is 54.5 Å². The summed E-state index contributed by atoms with van der Waals surface area (Å²) in [4.78, 5) is 20.3. The standard InChI is InChI=1S/C22H28N6OS/c1-15-14-29-11-10-28(15)19-13-18(22(5-6-22)30-12-2-7-25-30)26-21(27-19)17-4-9-24-20-16(17)3-8-23-20/h3-4,8-9,13,15,25,30H,2,5-7,10-12,14H2,1H3,(H,23,24)/t15-/m1/s1. The molecule has 0 radical (unpaired) electrons. The van der Waals surface area contributed by atoms with Crippen LogP contribution in [-0.4, -0.2) is 58.0 Å². The lowest BCUT2D eigenvalue weighted by atomic mass is 10.1. The quantitative estimate of drug-likeness (QED) is 0.559. The summed E-state index contributed by atoms with van der Waals surface area (Å²) in [7, 11) is 0. The second kappa shape index (κ2) is 7.21. The Morgan fingerprint density at radius 1 is 1.27 bits per heavy atom. The van der Waals surface area contributed by atoms with Crippen molar-refractivity contribution in [2.75, 3.05) is 37.0 Å². The number of hydrogen-bond donors (Lipinski definition) is 3. The zero-order valence-electron chi connectivity index (χ0n) is 17.3. The second-order valence-corrected chi connectivity index (χ2v) is 11.1. The van der Waals surface area contributed by atoms with Gasteiger partial charge < -0.3 is 14.6 Å². The maximum atomic E-state index is 5.68. The van der Waals surface area contributed by atoms with Crippen LogP contribution >= 0.6 is 11.1 Å². The second-order valence-electron chi connectivity index (χ2n) is 8.60. The van der Waals surface area contributed by atoms with Crippen molar-refractivity contribution in [3.8, 4) is 11.4 Å². The van der Waals surface area contributed by atoms with Crippen molar-refractivity contribution in [1.82, 2.24) is 24.7 Å². The van der Waals surface area contributed by atoms with Crippen molar-refractivity contribution >= 4 is 27.9 Å². The molecule has 3 aliphatic rings. The van der Waals surface area contributed by atoms with E-state index in [1.165, 1.54) is 30.7 Å². The smallest absolute Gasteiger partial charge is 0.162 e. The molecular formula is C22H28N6OS. The summed E-state index contributed by atoms with van der Waals surface area (Å²) in [5, 5.41) is 1.07. The van der Waals surface area contributed by atoms with Crippen molar-refractivity contribution in [3.63, 3.8) is 0 Å². The molecule has 3 aromatic heterocycles. The monoisotopic (exact) mass is 424 g/mol. The number of ether oxygens (including phenoxy) is 1. The lowest BCUT2D eigenvalue weighted by Crippen LogP contribution is -2.44. The van der Waals surface area contributed by atoms with Crippen molar-refractivity contribution in [3.05, 3.63) is 36.3 Å². The van der Waals surface area contributed by atoms with Crippen LogP contribution in [-0.2, 0) is 9.48 Å². The summed E-state index contributed by atoms with van der Waals surface area (Å²) < 4.78 is 9.71. The number of morpholine rings is 1. The molecule has 1 unspecified atom stereocenters. The molecule has 2 aliphatic heterocycles. The average molecular weight is 425 g/mol. The van der Waals surface area contributed by atoms with Gasteiger partial charge in [0.15, 0.2) is 5.82 Å². The van der Waals surface area contributed by atoms with Gasteiger partial charge in [0.05, 0.1) is 29.7 Å². The van der Waals surface area contributed by atoms with Gasteiger partial charge in [-0.25, -0.2) is 15.0 Å². The highest BCUT2D eigenvalue weighted by Crippen LogP contribution is 2.64. The fourth-order valence-electron chi connectivity index (χ4n) is 4.84. The Hall–Kier alpha value is -2.16. The first-order chi connectivity index (χ1) is 14.7. The SMILES string of the molecule is C[C@@H]1COCCN1c1cc(C2([SH]3CCCN3)CC2)nc(-c2ccnc3[nH]ccc23)n1. The largest absolute Gasteiger partial charge is 0.377 e. The van der Waals surface area contributed by atoms with E-state index in [9.17, 15) is 0 Å². The van der Waals surface area contributed by atoms with Gasteiger partial charge in [-0.3, -0.25) is 4.72 Å². The first-order valence-electron chi connectivity index (χ1n) is 10.9. The lowest BCUT2D eigenvalue weighted by Gasteiger charge is -2.35.